The molecule has 3 rings (SSSR count). The lowest BCUT2D eigenvalue weighted by molar-refractivity contribution is -0.146. The van der Waals surface area contributed by atoms with Crippen molar-refractivity contribution in [1.29, 1.82) is 0 Å². The molecule has 0 aromatic heterocycles. The van der Waals surface area contributed by atoms with Crippen LogP contribution in [-0.2, 0) is 25.1 Å². The number of esters is 1. The summed E-state index contributed by atoms with van der Waals surface area (Å²) in [4.78, 5) is 25.0. The van der Waals surface area contributed by atoms with Gasteiger partial charge in [0.15, 0.2) is 5.78 Å². The van der Waals surface area contributed by atoms with Crippen molar-refractivity contribution in [2.24, 2.45) is 11.8 Å². The predicted molar refractivity (Wildman–Crippen MR) is 78.2 cm³/mol. The molecule has 21 heavy (non-hydrogen) atoms. The lowest BCUT2D eigenvalue weighted by Gasteiger charge is -2.13. The molecule has 4 nitrogen and oxygen atoms in total. The summed E-state index contributed by atoms with van der Waals surface area (Å²) in [6, 6.07) is 7.31. The van der Waals surface area contributed by atoms with E-state index in [1.165, 1.54) is 0 Å². The molecular weight excluding hydrogens is 288 g/mol. The van der Waals surface area contributed by atoms with Crippen molar-refractivity contribution in [3.05, 3.63) is 29.8 Å². The van der Waals surface area contributed by atoms with Crippen molar-refractivity contribution in [3.63, 3.8) is 0 Å². The van der Waals surface area contributed by atoms with E-state index < -0.39 is 21.5 Å². The Balaban J connectivity index is 1.94. The molecule has 0 spiro atoms. The van der Waals surface area contributed by atoms with Crippen molar-refractivity contribution in [1.82, 2.24) is 0 Å². The number of hydrogen-bond acceptors (Lipinski definition) is 4. The molecule has 2 fully saturated rings. The largest absolute Gasteiger partial charge is 0.466 e. The lowest BCUT2D eigenvalue weighted by Crippen LogP contribution is -2.32. The Morgan fingerprint density at radius 2 is 2.05 bits per heavy atom. The highest BCUT2D eigenvalue weighted by atomic mass is 32.2. The van der Waals surface area contributed by atoms with E-state index in [1.807, 2.05) is 19.1 Å². The van der Waals surface area contributed by atoms with Gasteiger partial charge >= 0.3 is 5.97 Å². The van der Waals surface area contributed by atoms with Crippen LogP contribution in [-0.4, -0.2) is 27.3 Å². The maximum absolute atomic E-state index is 12.9. The van der Waals surface area contributed by atoms with Crippen LogP contribution < -0.4 is 0 Å². The number of benzene rings is 1. The van der Waals surface area contributed by atoms with Crippen molar-refractivity contribution >= 4 is 22.6 Å². The van der Waals surface area contributed by atoms with Crippen molar-refractivity contribution < 1.29 is 18.5 Å². The van der Waals surface area contributed by atoms with Gasteiger partial charge in [-0.2, -0.15) is 0 Å². The number of rotatable bonds is 4. The van der Waals surface area contributed by atoms with E-state index in [4.69, 9.17) is 4.74 Å². The predicted octanol–water partition coefficient (Wildman–Crippen LogP) is 2.01. The minimum Gasteiger partial charge on any atom is -0.466 e. The molecule has 4 atom stereocenters. The zero-order chi connectivity index (χ0) is 15.2. The van der Waals surface area contributed by atoms with E-state index >= 15 is 0 Å². The summed E-state index contributed by atoms with van der Waals surface area (Å²) < 4.78 is 17.0. The fourth-order valence-corrected chi connectivity index (χ4v) is 5.50. The van der Waals surface area contributed by atoms with Crippen LogP contribution in [0, 0.1) is 18.8 Å². The second-order valence-electron chi connectivity index (χ2n) is 5.67. The summed E-state index contributed by atoms with van der Waals surface area (Å²) in [6.07, 6.45) is 1.05. The summed E-state index contributed by atoms with van der Waals surface area (Å²) in [5.41, 5.74) is 1.07. The first-order valence-electron chi connectivity index (χ1n) is 7.22. The Morgan fingerprint density at radius 1 is 1.38 bits per heavy atom. The fourth-order valence-electron chi connectivity index (χ4n) is 3.46. The molecule has 0 aliphatic heterocycles. The molecule has 2 aliphatic rings. The van der Waals surface area contributed by atoms with Crippen molar-refractivity contribution in [2.75, 3.05) is 6.61 Å². The Labute approximate surface area is 126 Å². The van der Waals surface area contributed by atoms with Gasteiger partial charge in [-0.1, -0.05) is 17.7 Å². The minimum absolute atomic E-state index is 0.0514. The van der Waals surface area contributed by atoms with E-state index in [0.717, 1.165) is 5.56 Å². The molecule has 2 aliphatic carbocycles. The second kappa shape index (κ2) is 5.05. The van der Waals surface area contributed by atoms with Gasteiger partial charge < -0.3 is 4.74 Å². The van der Waals surface area contributed by atoms with E-state index in [2.05, 4.69) is 0 Å². The first-order valence-corrected chi connectivity index (χ1v) is 8.37. The van der Waals surface area contributed by atoms with E-state index in [1.54, 1.807) is 19.1 Å². The third kappa shape index (κ3) is 1.98. The topological polar surface area (TPSA) is 60.4 Å². The molecule has 0 N–H and O–H groups in total. The Kier molecular flexibility index (Phi) is 3.48. The van der Waals surface area contributed by atoms with Crippen molar-refractivity contribution in [3.8, 4) is 0 Å². The third-order valence-corrected chi connectivity index (χ3v) is 6.60. The number of fused-ring (bicyclic) bond motifs is 1. The lowest BCUT2D eigenvalue weighted by atomic mass is 10.1. The zero-order valence-electron chi connectivity index (χ0n) is 12.1. The van der Waals surface area contributed by atoms with E-state index in [0.29, 0.717) is 17.7 Å². The number of ether oxygens (including phenoxy) is 1. The van der Waals surface area contributed by atoms with Gasteiger partial charge in [0, 0.05) is 11.3 Å². The monoisotopic (exact) mass is 306 g/mol. The maximum Gasteiger partial charge on any atom is 0.311 e. The third-order valence-electron chi connectivity index (χ3n) is 4.51. The van der Waals surface area contributed by atoms with Crippen LogP contribution in [0.15, 0.2) is 29.2 Å². The molecule has 2 saturated carbocycles. The summed E-state index contributed by atoms with van der Waals surface area (Å²) in [5.74, 6) is -1.08. The summed E-state index contributed by atoms with van der Waals surface area (Å²) in [7, 11) is -1.49. The molecular formula is C16H18O4S. The number of Topliss-reactive ketones (excluding diaryl/α,β-unsaturated/α-hetero) is 1. The van der Waals surface area contributed by atoms with Gasteiger partial charge in [-0.3, -0.25) is 13.8 Å². The zero-order valence-corrected chi connectivity index (χ0v) is 12.9. The first kappa shape index (κ1) is 14.4. The highest BCUT2D eigenvalue weighted by molar-refractivity contribution is 7.87. The Hall–Kier alpha value is -1.49. The van der Waals surface area contributed by atoms with E-state index in [9.17, 15) is 13.8 Å². The van der Waals surface area contributed by atoms with Crippen LogP contribution >= 0.6 is 0 Å². The number of hydrogen-bond donors (Lipinski definition) is 0. The van der Waals surface area contributed by atoms with Gasteiger partial charge in [0.05, 0.1) is 23.3 Å². The highest BCUT2D eigenvalue weighted by Gasteiger charge is 2.79. The quantitative estimate of drug-likeness (QED) is 0.798. The normalized spacial score (nSPS) is 31.6. The molecule has 112 valence electrons. The van der Waals surface area contributed by atoms with Gasteiger partial charge in [-0.25, -0.2) is 0 Å². The van der Waals surface area contributed by atoms with Crippen LogP contribution in [0.4, 0.5) is 0 Å². The molecule has 0 bridgehead atoms. The number of carbonyl (C=O) groups is 2. The molecule has 0 amide bonds. The smallest absolute Gasteiger partial charge is 0.311 e. The fraction of sp³-hybridized carbons (Fsp3) is 0.500. The van der Waals surface area contributed by atoms with Crippen LogP contribution in [0.1, 0.15) is 25.3 Å². The minimum atomic E-state index is -1.49. The SMILES string of the molecule is CCOC(=O)[C@@H]1[C@@H]2CCC(=O)[C@]12S(=O)c1ccc(C)cc1. The summed E-state index contributed by atoms with van der Waals surface area (Å²) >= 11 is 0. The first-order chi connectivity index (χ1) is 10.0. The van der Waals surface area contributed by atoms with Crippen LogP contribution in [0.25, 0.3) is 0 Å². The molecule has 5 heteroatoms. The van der Waals surface area contributed by atoms with Gasteiger partial charge in [0.2, 0.25) is 0 Å². The van der Waals surface area contributed by atoms with Gasteiger partial charge in [-0.05, 0) is 38.3 Å². The number of carbonyl (C=O) groups excluding carboxylic acids is 2. The second-order valence-corrected chi connectivity index (χ2v) is 7.36. The summed E-state index contributed by atoms with van der Waals surface area (Å²) in [6.45, 7) is 3.97. The Bertz CT molecular complexity index is 622. The molecule has 0 radical (unpaired) electrons. The van der Waals surface area contributed by atoms with Crippen molar-refractivity contribution in [2.45, 2.75) is 36.3 Å². The number of aryl methyl sites for hydroxylation is 1. The van der Waals surface area contributed by atoms with E-state index in [-0.39, 0.29) is 24.3 Å². The van der Waals surface area contributed by atoms with Crippen LogP contribution in [0.3, 0.4) is 0 Å². The average molecular weight is 306 g/mol. The average Bonchev–Trinajstić information content (AvgIpc) is 3.04. The Morgan fingerprint density at radius 3 is 2.67 bits per heavy atom. The number of ketones is 1. The molecule has 1 aromatic carbocycles. The van der Waals surface area contributed by atoms with Gasteiger partial charge in [0.25, 0.3) is 0 Å². The molecule has 1 aromatic rings. The van der Waals surface area contributed by atoms with Crippen LogP contribution in [0.5, 0.6) is 0 Å². The van der Waals surface area contributed by atoms with Gasteiger partial charge in [0.1, 0.15) is 4.75 Å². The highest BCUT2D eigenvalue weighted by Crippen LogP contribution is 2.64. The summed E-state index contributed by atoms with van der Waals surface area (Å²) in [5, 5.41) is 0. The maximum atomic E-state index is 12.9. The molecule has 0 saturated heterocycles. The standard InChI is InChI=1S/C16H18O4S/c1-3-20-15(18)14-12-8-9-13(17)16(12,14)21(19)11-6-4-10(2)5-7-11/h4-7,12,14H,3,8-9H2,1-2H3/t12-,14-,16-,21?/m0/s1. The van der Waals surface area contributed by atoms with Crippen LogP contribution in [0.2, 0.25) is 0 Å². The molecule has 1 unspecified atom stereocenters. The molecule has 0 heterocycles. The van der Waals surface area contributed by atoms with Gasteiger partial charge in [-0.15, -0.1) is 0 Å².